The van der Waals surface area contributed by atoms with Crippen LogP contribution in [0.2, 0.25) is 0 Å². The predicted octanol–water partition coefficient (Wildman–Crippen LogP) is -0.232. The van der Waals surface area contributed by atoms with Crippen LogP contribution in [0.4, 0.5) is 4.79 Å². The fourth-order valence-corrected chi connectivity index (χ4v) is 1.56. The summed E-state index contributed by atoms with van der Waals surface area (Å²) >= 11 is 0. The predicted molar refractivity (Wildman–Crippen MR) is 40.9 cm³/mol. The summed E-state index contributed by atoms with van der Waals surface area (Å²) in [5.74, 6) is 0.211. The maximum Gasteiger partial charge on any atom is 0.315 e. The van der Waals surface area contributed by atoms with Crippen molar-refractivity contribution in [3.63, 3.8) is 0 Å². The fraction of sp³-hybridized carbons (Fsp3) is 0.857. The van der Waals surface area contributed by atoms with Crippen LogP contribution in [0.25, 0.3) is 0 Å². The third-order valence-corrected chi connectivity index (χ3v) is 2.43. The Morgan fingerprint density at radius 1 is 1.82 bits per heavy atom. The van der Waals surface area contributed by atoms with E-state index in [2.05, 4.69) is 0 Å². The first-order valence-electron chi connectivity index (χ1n) is 3.83. The number of nitrogens with zero attached hydrogens (tertiary/aromatic N) is 1. The van der Waals surface area contributed by atoms with Crippen molar-refractivity contribution in [3.8, 4) is 0 Å². The van der Waals surface area contributed by atoms with Gasteiger partial charge in [0.2, 0.25) is 0 Å². The number of urea groups is 1. The van der Waals surface area contributed by atoms with Crippen molar-refractivity contribution in [2.45, 2.75) is 19.4 Å². The number of nitrogens with two attached hydrogens (primary N) is 1. The maximum absolute atomic E-state index is 10.7. The Bertz CT molecular complexity index is 161. The molecule has 1 aliphatic heterocycles. The Balaban J connectivity index is 2.55. The van der Waals surface area contributed by atoms with Gasteiger partial charge in [0.25, 0.3) is 0 Å². The minimum Gasteiger partial charge on any atom is -0.396 e. The lowest BCUT2D eigenvalue weighted by molar-refractivity contribution is 0.176. The van der Waals surface area contributed by atoms with Crippen molar-refractivity contribution in [2.75, 3.05) is 13.2 Å². The Morgan fingerprint density at radius 2 is 2.45 bits per heavy atom. The van der Waals surface area contributed by atoms with Gasteiger partial charge >= 0.3 is 6.03 Å². The van der Waals surface area contributed by atoms with Gasteiger partial charge in [0.05, 0.1) is 0 Å². The summed E-state index contributed by atoms with van der Waals surface area (Å²) in [5, 5.41) is 8.86. The average molecular weight is 158 g/mol. The van der Waals surface area contributed by atoms with Gasteiger partial charge in [0.15, 0.2) is 0 Å². The van der Waals surface area contributed by atoms with Gasteiger partial charge in [-0.1, -0.05) is 0 Å². The monoisotopic (exact) mass is 158 g/mol. The average Bonchev–Trinajstić information content (AvgIpc) is 2.30. The number of rotatable bonds is 1. The van der Waals surface area contributed by atoms with E-state index in [9.17, 15) is 4.79 Å². The molecule has 0 aromatic carbocycles. The molecular weight excluding hydrogens is 144 g/mol. The summed E-state index contributed by atoms with van der Waals surface area (Å²) in [6.45, 7) is 2.74. The smallest absolute Gasteiger partial charge is 0.315 e. The fourth-order valence-electron chi connectivity index (χ4n) is 1.56. The molecule has 4 nitrogen and oxygen atoms in total. The molecule has 0 aromatic rings. The molecule has 1 saturated heterocycles. The molecule has 3 N–H and O–H groups in total. The van der Waals surface area contributed by atoms with Crippen molar-refractivity contribution in [1.29, 1.82) is 0 Å². The standard InChI is InChI=1S/C7H14N2O2/c1-5-6(4-10)2-3-9(5)7(8)11/h5-6,10H,2-4H2,1H3,(H2,8,11). The normalized spacial score (nSPS) is 30.9. The van der Waals surface area contributed by atoms with E-state index in [0.717, 1.165) is 6.42 Å². The minimum absolute atomic E-state index is 0.0949. The molecule has 1 fully saturated rings. The summed E-state index contributed by atoms with van der Waals surface area (Å²) in [7, 11) is 0. The van der Waals surface area contributed by atoms with Gasteiger partial charge in [-0.15, -0.1) is 0 Å². The van der Waals surface area contributed by atoms with E-state index in [4.69, 9.17) is 10.8 Å². The summed E-state index contributed by atoms with van der Waals surface area (Å²) in [5.41, 5.74) is 5.11. The second-order valence-corrected chi connectivity index (χ2v) is 3.00. The quantitative estimate of drug-likeness (QED) is 0.553. The molecule has 0 saturated carbocycles. The second-order valence-electron chi connectivity index (χ2n) is 3.00. The zero-order valence-corrected chi connectivity index (χ0v) is 6.66. The number of hydrogen-bond donors (Lipinski definition) is 2. The number of aliphatic hydroxyl groups excluding tert-OH is 1. The highest BCUT2D eigenvalue weighted by atomic mass is 16.3. The van der Waals surface area contributed by atoms with Crippen LogP contribution >= 0.6 is 0 Å². The number of carbonyl (C=O) groups excluding carboxylic acids is 1. The number of carbonyl (C=O) groups is 1. The van der Waals surface area contributed by atoms with E-state index in [0.29, 0.717) is 6.54 Å². The van der Waals surface area contributed by atoms with Gasteiger partial charge in [-0.2, -0.15) is 0 Å². The van der Waals surface area contributed by atoms with Gasteiger partial charge in [-0.25, -0.2) is 4.79 Å². The number of primary amides is 1. The van der Waals surface area contributed by atoms with E-state index in [1.165, 1.54) is 0 Å². The molecule has 1 rings (SSSR count). The molecule has 4 heteroatoms. The lowest BCUT2D eigenvalue weighted by Gasteiger charge is -2.21. The van der Waals surface area contributed by atoms with Crippen LogP contribution in [0.1, 0.15) is 13.3 Å². The van der Waals surface area contributed by atoms with Gasteiger partial charge in [0.1, 0.15) is 0 Å². The van der Waals surface area contributed by atoms with Gasteiger partial charge in [-0.3, -0.25) is 0 Å². The highest BCUT2D eigenvalue weighted by molar-refractivity contribution is 5.72. The van der Waals surface area contributed by atoms with Crippen molar-refractivity contribution < 1.29 is 9.90 Å². The van der Waals surface area contributed by atoms with Crippen LogP contribution in [-0.2, 0) is 0 Å². The molecule has 2 unspecified atom stereocenters. The summed E-state index contributed by atoms with van der Waals surface area (Å²) < 4.78 is 0. The molecule has 11 heavy (non-hydrogen) atoms. The Kier molecular flexibility index (Phi) is 2.34. The molecule has 1 aliphatic rings. The molecule has 0 aliphatic carbocycles. The summed E-state index contributed by atoms with van der Waals surface area (Å²) in [6.07, 6.45) is 0.862. The third kappa shape index (κ3) is 1.45. The number of likely N-dealkylation sites (tertiary alicyclic amines) is 1. The molecule has 64 valence electrons. The van der Waals surface area contributed by atoms with E-state index < -0.39 is 0 Å². The number of amides is 2. The molecule has 2 atom stereocenters. The van der Waals surface area contributed by atoms with E-state index >= 15 is 0 Å². The van der Waals surface area contributed by atoms with Gasteiger partial charge in [0, 0.05) is 25.1 Å². The van der Waals surface area contributed by atoms with Gasteiger partial charge < -0.3 is 15.7 Å². The SMILES string of the molecule is CC1C(CO)CCN1C(N)=O. The van der Waals surface area contributed by atoms with Gasteiger partial charge in [-0.05, 0) is 13.3 Å². The van der Waals surface area contributed by atoms with Crippen LogP contribution < -0.4 is 5.73 Å². The van der Waals surface area contributed by atoms with Crippen LogP contribution in [0.5, 0.6) is 0 Å². The molecular formula is C7H14N2O2. The highest BCUT2D eigenvalue weighted by Crippen LogP contribution is 2.22. The zero-order valence-electron chi connectivity index (χ0n) is 6.66. The molecule has 0 spiro atoms. The first kappa shape index (κ1) is 8.33. The lowest BCUT2D eigenvalue weighted by Crippen LogP contribution is -2.40. The Labute approximate surface area is 66.0 Å². The van der Waals surface area contributed by atoms with Crippen molar-refractivity contribution in [2.24, 2.45) is 11.7 Å². The Morgan fingerprint density at radius 3 is 2.73 bits per heavy atom. The van der Waals surface area contributed by atoms with Crippen molar-refractivity contribution in [1.82, 2.24) is 4.90 Å². The molecule has 0 aromatic heterocycles. The molecule has 0 bridgehead atoms. The third-order valence-electron chi connectivity index (χ3n) is 2.43. The number of hydrogen-bond acceptors (Lipinski definition) is 2. The first-order valence-corrected chi connectivity index (χ1v) is 3.83. The highest BCUT2D eigenvalue weighted by Gasteiger charge is 2.31. The summed E-state index contributed by atoms with van der Waals surface area (Å²) in [6, 6.07) is -0.286. The first-order chi connectivity index (χ1) is 5.16. The van der Waals surface area contributed by atoms with Crippen molar-refractivity contribution >= 4 is 6.03 Å². The number of aliphatic hydroxyl groups is 1. The largest absolute Gasteiger partial charge is 0.396 e. The zero-order chi connectivity index (χ0) is 8.43. The second kappa shape index (κ2) is 3.09. The van der Waals surface area contributed by atoms with Crippen LogP contribution in [-0.4, -0.2) is 35.2 Å². The molecule has 2 amide bonds. The van der Waals surface area contributed by atoms with E-state index in [1.807, 2.05) is 6.92 Å². The molecule has 0 radical (unpaired) electrons. The van der Waals surface area contributed by atoms with Crippen LogP contribution in [0.15, 0.2) is 0 Å². The Hall–Kier alpha value is -0.770. The van der Waals surface area contributed by atoms with Crippen LogP contribution in [0, 0.1) is 5.92 Å². The minimum atomic E-state index is -0.381. The van der Waals surface area contributed by atoms with E-state index in [-0.39, 0.29) is 24.6 Å². The maximum atomic E-state index is 10.7. The topological polar surface area (TPSA) is 66.6 Å². The molecule has 1 heterocycles. The summed E-state index contributed by atoms with van der Waals surface area (Å²) in [4.78, 5) is 12.3. The van der Waals surface area contributed by atoms with Crippen LogP contribution in [0.3, 0.4) is 0 Å². The van der Waals surface area contributed by atoms with E-state index in [1.54, 1.807) is 4.90 Å². The van der Waals surface area contributed by atoms with Crippen molar-refractivity contribution in [3.05, 3.63) is 0 Å². The lowest BCUT2D eigenvalue weighted by atomic mass is 10.0.